The van der Waals surface area contributed by atoms with Gasteiger partial charge in [-0.25, -0.2) is 4.98 Å². The van der Waals surface area contributed by atoms with Crippen LogP contribution < -0.4 is 9.30 Å². The van der Waals surface area contributed by atoms with Gasteiger partial charge in [-0.05, 0) is 131 Å². The van der Waals surface area contributed by atoms with Crippen LogP contribution in [0.15, 0.2) is 170 Å². The summed E-state index contributed by atoms with van der Waals surface area (Å²) in [6, 6.07) is 32.8. The Kier molecular flexibility index (Phi) is 7.95. The Morgan fingerprint density at radius 1 is 0.605 bits per heavy atom. The Balaban J connectivity index is 0.0000116. The van der Waals surface area contributed by atoms with Crippen molar-refractivity contribution in [2.75, 3.05) is 0 Å². The van der Waals surface area contributed by atoms with Crippen molar-refractivity contribution < 1.29 is 67.4 Å². The van der Waals surface area contributed by atoms with E-state index in [-0.39, 0.29) is 72.0 Å². The van der Waals surface area contributed by atoms with Crippen LogP contribution in [0, 0.1) is 25.3 Å². The maximum atomic E-state index is 10.6. The summed E-state index contributed by atoms with van der Waals surface area (Å²) in [5.74, 6) is 0.333. The molecule has 8 aromatic carbocycles. The molecular formula is C75H74N4OPt-2. The van der Waals surface area contributed by atoms with E-state index < -0.39 is 139 Å². The molecule has 0 atom stereocenters. The summed E-state index contributed by atoms with van der Waals surface area (Å²) in [4.78, 5) is 4.68. The quantitative estimate of drug-likeness (QED) is 0.112. The molecule has 0 fully saturated rings. The van der Waals surface area contributed by atoms with Gasteiger partial charge in [0.05, 0.1) is 27.7 Å². The molecule has 0 saturated carbocycles. The number of aryl methyl sites for hydroxylation is 1. The Bertz CT molecular complexity index is 5410. The zero-order chi connectivity index (χ0) is 79.3. The normalized spacial score (nSPS) is 21.2. The second-order valence-electron chi connectivity index (χ2n) is 23.5. The first-order chi connectivity index (χ1) is 49.0. The fourth-order valence-electron chi connectivity index (χ4n) is 10.3. The summed E-state index contributed by atoms with van der Waals surface area (Å²) in [5.41, 5.74) is -10.6. The van der Waals surface area contributed by atoms with Gasteiger partial charge in [0, 0.05) is 75.9 Å². The van der Waals surface area contributed by atoms with Crippen LogP contribution in [0.25, 0.3) is 83.4 Å². The second kappa shape index (κ2) is 20.3. The minimum Gasteiger partial charge on any atom is -0.510 e. The van der Waals surface area contributed by atoms with Gasteiger partial charge in [-0.2, -0.15) is 18.2 Å². The number of nitrogens with zero attached hydrogens (tertiary/aromatic N) is 4. The van der Waals surface area contributed by atoms with Crippen molar-refractivity contribution >= 4 is 32.8 Å². The molecule has 0 N–H and O–H groups in total. The first kappa shape index (κ1) is 31.8. The summed E-state index contributed by atoms with van der Waals surface area (Å²) in [6.07, 6.45) is -4.48. The van der Waals surface area contributed by atoms with E-state index in [9.17, 15) is 9.60 Å². The van der Waals surface area contributed by atoms with Crippen LogP contribution in [0.4, 0.5) is 0 Å². The average Bonchev–Trinajstić information content (AvgIpc) is 0.784. The predicted molar refractivity (Wildman–Crippen MR) is 332 cm³/mol. The predicted octanol–water partition coefficient (Wildman–Crippen LogP) is 19.1. The van der Waals surface area contributed by atoms with Crippen LogP contribution in [0.5, 0.6) is 11.5 Å². The zero-order valence-electron chi connectivity index (χ0n) is 73.1. The number of imidazole rings is 1. The van der Waals surface area contributed by atoms with E-state index in [4.69, 9.17) is 32.2 Å². The van der Waals surface area contributed by atoms with Gasteiger partial charge in [-0.15, -0.1) is 29.7 Å². The molecule has 0 bridgehead atoms. The van der Waals surface area contributed by atoms with E-state index in [0.717, 1.165) is 11.1 Å². The molecule has 3 heterocycles. The first-order valence-corrected chi connectivity index (χ1v) is 26.2. The molecule has 3 aromatic heterocycles. The minimum absolute atomic E-state index is 0. The number of hydrogen-bond acceptors (Lipinski definition) is 2. The molecule has 1 aliphatic rings. The third-order valence-electron chi connectivity index (χ3n) is 14.7. The van der Waals surface area contributed by atoms with E-state index in [2.05, 4.69) is 29.5 Å². The number of rotatable bonds is 8. The Morgan fingerprint density at radius 2 is 1.25 bits per heavy atom. The maximum Gasteiger partial charge on any atom is 0.268 e. The largest absolute Gasteiger partial charge is 0.510 e. The van der Waals surface area contributed by atoms with Crippen molar-refractivity contribution in [2.24, 2.45) is 0 Å². The zero-order valence-corrected chi connectivity index (χ0v) is 48.3. The molecular weight excluding hydrogens is 1170 g/mol. The number of para-hydroxylation sites is 3. The molecule has 412 valence electrons. The Morgan fingerprint density at radius 3 is 1.94 bits per heavy atom. The molecule has 81 heavy (non-hydrogen) atoms. The van der Waals surface area contributed by atoms with Crippen molar-refractivity contribution in [1.82, 2.24) is 14.1 Å². The Hall–Kier alpha value is -7.33. The van der Waals surface area contributed by atoms with E-state index >= 15 is 0 Å². The van der Waals surface area contributed by atoms with Gasteiger partial charge in [0.15, 0.2) is 0 Å². The summed E-state index contributed by atoms with van der Waals surface area (Å²) >= 11 is 0. The van der Waals surface area contributed by atoms with E-state index in [1.807, 2.05) is 92.6 Å². The summed E-state index contributed by atoms with van der Waals surface area (Å²) in [7, 11) is 0. The topological polar surface area (TPSA) is 35.9 Å². The van der Waals surface area contributed by atoms with Gasteiger partial charge in [-0.1, -0.05) is 216 Å². The maximum absolute atomic E-state index is 10.6. The summed E-state index contributed by atoms with van der Waals surface area (Å²) in [5, 5.41) is 1.36. The van der Waals surface area contributed by atoms with Gasteiger partial charge >= 0.3 is 0 Å². The number of ether oxygens (including phenoxy) is 1. The molecule has 0 saturated heterocycles. The van der Waals surface area contributed by atoms with E-state index in [1.54, 1.807) is 86.5 Å². The number of pyridine rings is 1. The molecule has 1 aliphatic carbocycles. The first-order valence-electron chi connectivity index (χ1n) is 39.7. The van der Waals surface area contributed by atoms with Crippen LogP contribution >= 0.6 is 0 Å². The number of fused-ring (bicyclic) bond motifs is 5. The number of hydrogen-bond donors (Lipinski definition) is 0. The fraction of sp³-hybridized carbons (Fsp3) is 0.280. The van der Waals surface area contributed by atoms with Crippen molar-refractivity contribution in [3.8, 4) is 62.1 Å². The van der Waals surface area contributed by atoms with Crippen molar-refractivity contribution in [3.63, 3.8) is 0 Å². The van der Waals surface area contributed by atoms with Crippen LogP contribution in [-0.4, -0.2) is 14.1 Å². The molecule has 0 radical (unpaired) electrons. The minimum atomic E-state index is -4.58. The monoisotopic (exact) mass is 1270 g/mol. The van der Waals surface area contributed by atoms with Gasteiger partial charge in [-0.3, -0.25) is 4.57 Å². The number of benzene rings is 8. The van der Waals surface area contributed by atoms with Gasteiger partial charge in [0.25, 0.3) is 6.33 Å². The van der Waals surface area contributed by atoms with Crippen molar-refractivity contribution in [2.45, 2.75) is 136 Å². The van der Waals surface area contributed by atoms with E-state index in [1.165, 1.54) is 12.3 Å². The van der Waals surface area contributed by atoms with Crippen LogP contribution in [-0.2, 0) is 48.1 Å². The van der Waals surface area contributed by atoms with Crippen LogP contribution in [0.3, 0.4) is 0 Å². The standard InChI is InChI=1S/C75H74N4O.Pt/c1-48-37-69(76-46-62(48)49-23-16-15-17-24-49)79-65-28-19-18-27-58(65)59-33-32-57(45-68(59)79)80-56-26-22-25-55(44-56)77-47-78(67-30-21-20-29-66(67)77)70-60(50-31-34-63-64(40-50)75(13,14)36-35-74(63,11)12)42-54(73(8,9)10)43-61(70)51-38-52(71(2,3)4)41-53(39-51)72(5,6)7;/h15-34,37-43,46H,35-36H2,1-14H3;/q-2;/i1D3,11D3,12D3,13D3,14D3,15D,16D,17D,23D,24D,31D,34D,35D2,36D2,40D;. The smallest absolute Gasteiger partial charge is 0.268 e. The second-order valence-corrected chi connectivity index (χ2v) is 23.5. The SMILES string of the molecule is [2H]c1c([2H])c([2H])c(-c2cnc(-n3c4[c-]c(Oc5[c-]c(-n6[c-][n+](-c7c(-c8cc(C(C)(C)C)cc(C(C)(C)C)c8)cc(C(C)(C)C)cc7-c7c([2H])c([2H])c8c(c7[2H])C(C([2H])([2H])[2H])(C([2H])([2H])[2H])C([2H])([2H])C([2H])([2H])C8(C([2H])([2H])[2H])C([2H])([2H])[2H])c7ccccc76)ccc5)ccc4c4ccccc43)cc2C([2H])([2H])[2H])c([2H])c1[2H].[Pt]. The van der Waals surface area contributed by atoms with Crippen LogP contribution in [0.2, 0.25) is 0 Å². The summed E-state index contributed by atoms with van der Waals surface area (Å²) < 4.78 is 258. The van der Waals surface area contributed by atoms with E-state index in [0.29, 0.717) is 49.5 Å². The molecule has 0 spiro atoms. The molecule has 0 aliphatic heterocycles. The van der Waals surface area contributed by atoms with Crippen molar-refractivity contribution in [3.05, 3.63) is 222 Å². The van der Waals surface area contributed by atoms with Gasteiger partial charge < -0.3 is 13.9 Å². The molecule has 5 nitrogen and oxygen atoms in total. The van der Waals surface area contributed by atoms with Gasteiger partial charge in [0.2, 0.25) is 0 Å². The number of aromatic nitrogens is 4. The molecule has 6 heteroatoms. The molecule has 12 rings (SSSR count). The third-order valence-corrected chi connectivity index (χ3v) is 14.7. The van der Waals surface area contributed by atoms with Crippen LogP contribution in [0.1, 0.15) is 173 Å². The molecule has 0 amide bonds. The van der Waals surface area contributed by atoms with Crippen molar-refractivity contribution in [1.29, 1.82) is 0 Å². The average molecular weight is 1270 g/mol. The third kappa shape index (κ3) is 10.2. The molecule has 0 unspecified atom stereocenters. The fourth-order valence-corrected chi connectivity index (χ4v) is 10.3. The molecule has 11 aromatic rings. The Labute approximate surface area is 532 Å². The summed E-state index contributed by atoms with van der Waals surface area (Å²) in [6.45, 7) is -2.34. The van der Waals surface area contributed by atoms with Gasteiger partial charge in [0.1, 0.15) is 5.82 Å².